The van der Waals surface area contributed by atoms with Gasteiger partial charge in [-0.1, -0.05) is 50.3 Å². The molecule has 1 spiro atoms. The molecule has 2 unspecified atom stereocenters. The normalized spacial score (nSPS) is 34.2. The molecule has 0 amide bonds. The third-order valence-corrected chi connectivity index (χ3v) is 6.38. The number of rotatable bonds is 0. The van der Waals surface area contributed by atoms with E-state index in [1.54, 1.807) is 16.7 Å². The molecule has 2 fully saturated rings. The Hall–Kier alpha value is -1.04. The second-order valence-electron chi connectivity index (χ2n) is 7.42. The van der Waals surface area contributed by atoms with Crippen LogP contribution in [0.4, 0.5) is 0 Å². The summed E-state index contributed by atoms with van der Waals surface area (Å²) in [6, 6.07) is 9.07. The number of allylic oxidation sites excluding steroid dienone is 1. The standard InChI is InChI=1S/C18H22/c1-12-16-8-15(17(12,2)3)11-18(16)9-13-6-4-5-7-14(13)10-18/h4-7,15-16H,1,8-11H2,2-3H3. The molecule has 18 heavy (non-hydrogen) atoms. The van der Waals surface area contributed by atoms with Gasteiger partial charge in [0.05, 0.1) is 0 Å². The SMILES string of the molecule is C=C1C2CC(CC23Cc2ccccc2C3)C1(C)C. The Morgan fingerprint density at radius 3 is 2.22 bits per heavy atom. The van der Waals surface area contributed by atoms with Crippen molar-refractivity contribution in [1.29, 1.82) is 0 Å². The maximum absolute atomic E-state index is 4.47. The summed E-state index contributed by atoms with van der Waals surface area (Å²) >= 11 is 0. The van der Waals surface area contributed by atoms with Crippen LogP contribution in [0, 0.1) is 22.7 Å². The molecule has 2 saturated carbocycles. The van der Waals surface area contributed by atoms with Gasteiger partial charge in [-0.2, -0.15) is 0 Å². The molecule has 94 valence electrons. The molecule has 2 bridgehead atoms. The highest BCUT2D eigenvalue weighted by Crippen LogP contribution is 2.68. The van der Waals surface area contributed by atoms with Crippen LogP contribution in [0.5, 0.6) is 0 Å². The van der Waals surface area contributed by atoms with Crippen LogP contribution in [0.15, 0.2) is 36.4 Å². The first-order valence-corrected chi connectivity index (χ1v) is 7.29. The van der Waals surface area contributed by atoms with Crippen molar-refractivity contribution in [3.8, 4) is 0 Å². The van der Waals surface area contributed by atoms with Crippen LogP contribution in [-0.4, -0.2) is 0 Å². The van der Waals surface area contributed by atoms with Gasteiger partial charge in [-0.3, -0.25) is 0 Å². The highest BCUT2D eigenvalue weighted by Gasteiger charge is 2.60. The lowest BCUT2D eigenvalue weighted by Gasteiger charge is -2.43. The predicted molar refractivity (Wildman–Crippen MR) is 75.4 cm³/mol. The van der Waals surface area contributed by atoms with E-state index in [0.29, 0.717) is 10.8 Å². The summed E-state index contributed by atoms with van der Waals surface area (Å²) in [7, 11) is 0. The fraction of sp³-hybridized carbons (Fsp3) is 0.556. The van der Waals surface area contributed by atoms with Gasteiger partial charge in [0.25, 0.3) is 0 Å². The lowest BCUT2D eigenvalue weighted by Crippen LogP contribution is -2.36. The third-order valence-electron chi connectivity index (χ3n) is 6.38. The highest BCUT2D eigenvalue weighted by molar-refractivity contribution is 5.40. The summed E-state index contributed by atoms with van der Waals surface area (Å²) in [5.74, 6) is 1.66. The second-order valence-corrected chi connectivity index (χ2v) is 7.42. The van der Waals surface area contributed by atoms with Gasteiger partial charge in [-0.25, -0.2) is 0 Å². The number of benzene rings is 1. The number of hydrogen-bond donors (Lipinski definition) is 0. The maximum Gasteiger partial charge on any atom is -0.0116 e. The van der Waals surface area contributed by atoms with E-state index >= 15 is 0 Å². The summed E-state index contributed by atoms with van der Waals surface area (Å²) in [4.78, 5) is 0. The molecule has 3 aliphatic rings. The molecule has 3 aliphatic carbocycles. The summed E-state index contributed by atoms with van der Waals surface area (Å²) in [5, 5.41) is 0. The van der Waals surface area contributed by atoms with Crippen LogP contribution < -0.4 is 0 Å². The first kappa shape index (κ1) is 10.8. The molecule has 0 N–H and O–H groups in total. The van der Waals surface area contributed by atoms with E-state index in [1.807, 2.05) is 0 Å². The van der Waals surface area contributed by atoms with E-state index in [9.17, 15) is 0 Å². The van der Waals surface area contributed by atoms with Crippen LogP contribution in [0.1, 0.15) is 37.8 Å². The highest BCUT2D eigenvalue weighted by atomic mass is 14.6. The van der Waals surface area contributed by atoms with Gasteiger partial charge in [0.15, 0.2) is 0 Å². The molecule has 1 aromatic rings. The lowest BCUT2D eigenvalue weighted by atomic mass is 9.61. The van der Waals surface area contributed by atoms with Crippen LogP contribution in [0.3, 0.4) is 0 Å². The van der Waals surface area contributed by atoms with Crippen molar-refractivity contribution < 1.29 is 0 Å². The van der Waals surface area contributed by atoms with Gasteiger partial charge >= 0.3 is 0 Å². The molecule has 0 radical (unpaired) electrons. The molecule has 2 atom stereocenters. The lowest BCUT2D eigenvalue weighted by molar-refractivity contribution is 0.156. The van der Waals surface area contributed by atoms with Crippen molar-refractivity contribution in [2.75, 3.05) is 0 Å². The minimum Gasteiger partial charge on any atom is -0.0990 e. The van der Waals surface area contributed by atoms with E-state index < -0.39 is 0 Å². The zero-order valence-corrected chi connectivity index (χ0v) is 11.5. The fourth-order valence-electron chi connectivity index (χ4n) is 5.14. The van der Waals surface area contributed by atoms with E-state index in [1.165, 1.54) is 25.7 Å². The van der Waals surface area contributed by atoms with E-state index in [0.717, 1.165) is 11.8 Å². The van der Waals surface area contributed by atoms with Gasteiger partial charge in [-0.15, -0.1) is 0 Å². The number of hydrogen-bond acceptors (Lipinski definition) is 0. The quantitative estimate of drug-likeness (QED) is 0.588. The molecule has 1 aromatic carbocycles. The molecule has 0 aromatic heterocycles. The van der Waals surface area contributed by atoms with Gasteiger partial charge in [-0.05, 0) is 59.5 Å². The zero-order valence-electron chi connectivity index (χ0n) is 11.5. The maximum atomic E-state index is 4.47. The van der Waals surface area contributed by atoms with Crippen LogP contribution in [0.25, 0.3) is 0 Å². The Kier molecular flexibility index (Phi) is 1.87. The van der Waals surface area contributed by atoms with E-state index in [-0.39, 0.29) is 0 Å². The van der Waals surface area contributed by atoms with Crippen LogP contribution in [0.2, 0.25) is 0 Å². The summed E-state index contributed by atoms with van der Waals surface area (Å²) in [5.41, 5.74) is 5.70. The molecule has 4 rings (SSSR count). The second kappa shape index (κ2) is 3.10. The first-order chi connectivity index (χ1) is 8.53. The number of fused-ring (bicyclic) bond motifs is 4. The molecule has 0 heterocycles. The van der Waals surface area contributed by atoms with Crippen molar-refractivity contribution in [2.24, 2.45) is 22.7 Å². The summed E-state index contributed by atoms with van der Waals surface area (Å²) in [6.07, 6.45) is 5.44. The Bertz CT molecular complexity index is 510. The van der Waals surface area contributed by atoms with Gasteiger partial charge < -0.3 is 0 Å². The summed E-state index contributed by atoms with van der Waals surface area (Å²) in [6.45, 7) is 9.29. The average molecular weight is 238 g/mol. The summed E-state index contributed by atoms with van der Waals surface area (Å²) < 4.78 is 0. The van der Waals surface area contributed by atoms with Gasteiger partial charge in [0, 0.05) is 0 Å². The Labute approximate surface area is 110 Å². The smallest absolute Gasteiger partial charge is 0.0116 e. The van der Waals surface area contributed by atoms with Crippen LogP contribution in [-0.2, 0) is 12.8 Å². The Balaban J connectivity index is 1.73. The molecular weight excluding hydrogens is 216 g/mol. The van der Waals surface area contributed by atoms with Crippen molar-refractivity contribution in [3.63, 3.8) is 0 Å². The Morgan fingerprint density at radius 2 is 1.72 bits per heavy atom. The average Bonchev–Trinajstić information content (AvgIpc) is 2.94. The first-order valence-electron chi connectivity index (χ1n) is 7.29. The van der Waals surface area contributed by atoms with Crippen LogP contribution >= 0.6 is 0 Å². The largest absolute Gasteiger partial charge is 0.0990 e. The fourth-order valence-corrected chi connectivity index (χ4v) is 5.14. The van der Waals surface area contributed by atoms with Crippen molar-refractivity contribution in [3.05, 3.63) is 47.5 Å². The molecule has 0 aliphatic heterocycles. The van der Waals surface area contributed by atoms with Crippen molar-refractivity contribution >= 4 is 0 Å². The molecular formula is C18H22. The predicted octanol–water partition coefficient (Wildman–Crippen LogP) is 4.39. The van der Waals surface area contributed by atoms with Gasteiger partial charge in [0.1, 0.15) is 0 Å². The van der Waals surface area contributed by atoms with Gasteiger partial charge in [0.2, 0.25) is 0 Å². The monoisotopic (exact) mass is 238 g/mol. The molecule has 0 heteroatoms. The Morgan fingerprint density at radius 1 is 1.11 bits per heavy atom. The minimum atomic E-state index is 0.394. The molecule has 0 saturated heterocycles. The minimum absolute atomic E-state index is 0.394. The van der Waals surface area contributed by atoms with Crippen molar-refractivity contribution in [2.45, 2.75) is 39.5 Å². The van der Waals surface area contributed by atoms with E-state index in [4.69, 9.17) is 0 Å². The topological polar surface area (TPSA) is 0 Å². The van der Waals surface area contributed by atoms with E-state index in [2.05, 4.69) is 44.7 Å². The third kappa shape index (κ3) is 1.12. The zero-order chi connectivity index (χ0) is 12.5. The van der Waals surface area contributed by atoms with Crippen molar-refractivity contribution in [1.82, 2.24) is 0 Å². The molecule has 0 nitrogen and oxygen atoms in total.